The molecule has 0 spiro atoms. The first kappa shape index (κ1) is 19.0. The topological polar surface area (TPSA) is 49.4 Å². The van der Waals surface area contributed by atoms with Gasteiger partial charge in [0.05, 0.1) is 11.5 Å². The van der Waals surface area contributed by atoms with Crippen LogP contribution in [0.15, 0.2) is 36.4 Å². The third-order valence-corrected chi connectivity index (χ3v) is 4.06. The van der Waals surface area contributed by atoms with Gasteiger partial charge in [-0.2, -0.15) is 13.2 Å². The molecule has 2 amide bonds. The van der Waals surface area contributed by atoms with Crippen molar-refractivity contribution in [2.24, 2.45) is 5.92 Å². The Kier molecular flexibility index (Phi) is 5.87. The summed E-state index contributed by atoms with van der Waals surface area (Å²) in [6.07, 6.45) is -3.77. The molecule has 1 aromatic rings. The maximum atomic E-state index is 12.8. The predicted molar refractivity (Wildman–Crippen MR) is 87.4 cm³/mol. The molecule has 0 radical (unpaired) electrons. The van der Waals surface area contributed by atoms with Crippen molar-refractivity contribution < 1.29 is 22.8 Å². The van der Waals surface area contributed by atoms with Crippen LogP contribution in [0.25, 0.3) is 0 Å². The average Bonchev–Trinajstić information content (AvgIpc) is 2.54. The number of alkyl halides is 3. The first-order valence-electron chi connectivity index (χ1n) is 8.03. The second kappa shape index (κ2) is 7.72. The Morgan fingerprint density at radius 2 is 2.12 bits per heavy atom. The van der Waals surface area contributed by atoms with E-state index in [1.807, 2.05) is 0 Å². The summed E-state index contributed by atoms with van der Waals surface area (Å²) in [5.41, 5.74) is 0.470. The SMILES string of the molecule is C=C(C)CNC(=O)C1CCC(=O)N(Cc2cccc(C(F)(F)F)c2)C1. The lowest BCUT2D eigenvalue weighted by Gasteiger charge is -2.32. The summed E-state index contributed by atoms with van der Waals surface area (Å²) in [5, 5.41) is 2.75. The number of hydrogen-bond acceptors (Lipinski definition) is 2. The minimum Gasteiger partial charge on any atom is -0.352 e. The Balaban J connectivity index is 2.04. The van der Waals surface area contributed by atoms with Gasteiger partial charge in [-0.05, 0) is 31.0 Å². The van der Waals surface area contributed by atoms with Gasteiger partial charge < -0.3 is 10.2 Å². The first-order chi connectivity index (χ1) is 11.7. The van der Waals surface area contributed by atoms with Gasteiger partial charge in [0.2, 0.25) is 11.8 Å². The minimum atomic E-state index is -4.42. The molecule has 1 unspecified atom stereocenters. The van der Waals surface area contributed by atoms with Gasteiger partial charge in [0.1, 0.15) is 0 Å². The van der Waals surface area contributed by atoms with Crippen molar-refractivity contribution in [1.82, 2.24) is 10.2 Å². The van der Waals surface area contributed by atoms with Gasteiger partial charge in [-0.25, -0.2) is 0 Å². The highest BCUT2D eigenvalue weighted by molar-refractivity contribution is 5.83. The summed E-state index contributed by atoms with van der Waals surface area (Å²) in [4.78, 5) is 25.7. The van der Waals surface area contributed by atoms with E-state index in [2.05, 4.69) is 11.9 Å². The second-order valence-corrected chi connectivity index (χ2v) is 6.38. The molecule has 0 bridgehead atoms. The third-order valence-electron chi connectivity index (χ3n) is 4.06. The lowest BCUT2D eigenvalue weighted by molar-refractivity contribution is -0.138. The highest BCUT2D eigenvalue weighted by Gasteiger charge is 2.32. The van der Waals surface area contributed by atoms with Gasteiger partial charge in [-0.1, -0.05) is 24.3 Å². The first-order valence-corrected chi connectivity index (χ1v) is 8.03. The summed E-state index contributed by atoms with van der Waals surface area (Å²) < 4.78 is 38.4. The molecule has 2 rings (SSSR count). The van der Waals surface area contributed by atoms with Crippen molar-refractivity contribution >= 4 is 11.8 Å². The van der Waals surface area contributed by atoms with E-state index in [0.717, 1.165) is 17.7 Å². The Morgan fingerprint density at radius 1 is 1.40 bits per heavy atom. The standard InChI is InChI=1S/C18H21F3N2O2/c1-12(2)9-22-17(25)14-6-7-16(24)23(11-14)10-13-4-3-5-15(8-13)18(19,20)21/h3-5,8,14H,1,6-7,9-11H2,2H3,(H,22,25). The van der Waals surface area contributed by atoms with Crippen LogP contribution in [0.5, 0.6) is 0 Å². The number of nitrogens with zero attached hydrogens (tertiary/aromatic N) is 1. The lowest BCUT2D eigenvalue weighted by Crippen LogP contribution is -2.45. The Labute approximate surface area is 144 Å². The molecule has 0 aliphatic carbocycles. The van der Waals surface area contributed by atoms with Crippen LogP contribution in [0, 0.1) is 5.92 Å². The lowest BCUT2D eigenvalue weighted by atomic mass is 9.96. The zero-order valence-corrected chi connectivity index (χ0v) is 14.0. The molecule has 1 heterocycles. The van der Waals surface area contributed by atoms with Crippen LogP contribution in [0.3, 0.4) is 0 Å². The molecule has 0 aromatic heterocycles. The molecule has 7 heteroatoms. The fourth-order valence-electron chi connectivity index (χ4n) is 2.73. The third kappa shape index (κ3) is 5.34. The van der Waals surface area contributed by atoms with Crippen LogP contribution >= 0.6 is 0 Å². The fraction of sp³-hybridized carbons (Fsp3) is 0.444. The Hall–Kier alpha value is -2.31. The Morgan fingerprint density at radius 3 is 2.76 bits per heavy atom. The van der Waals surface area contributed by atoms with E-state index in [-0.39, 0.29) is 37.2 Å². The number of carbonyl (C=O) groups excluding carboxylic acids is 2. The normalized spacial score (nSPS) is 18.2. The number of carbonyl (C=O) groups is 2. The summed E-state index contributed by atoms with van der Waals surface area (Å²) in [6, 6.07) is 4.91. The van der Waals surface area contributed by atoms with Crippen LogP contribution in [0.2, 0.25) is 0 Å². The fourth-order valence-corrected chi connectivity index (χ4v) is 2.73. The van der Waals surface area contributed by atoms with E-state index in [1.54, 1.807) is 13.0 Å². The maximum Gasteiger partial charge on any atom is 0.416 e. The van der Waals surface area contributed by atoms with E-state index in [1.165, 1.54) is 11.0 Å². The molecule has 25 heavy (non-hydrogen) atoms. The van der Waals surface area contributed by atoms with Gasteiger partial charge in [0.25, 0.3) is 0 Å². The molecule has 4 nitrogen and oxygen atoms in total. The molecule has 1 N–H and O–H groups in total. The molecule has 0 saturated carbocycles. The second-order valence-electron chi connectivity index (χ2n) is 6.38. The zero-order valence-electron chi connectivity index (χ0n) is 14.0. The molecule has 1 aliphatic rings. The van der Waals surface area contributed by atoms with E-state index in [0.29, 0.717) is 18.5 Å². The number of piperidine rings is 1. The summed E-state index contributed by atoms with van der Waals surface area (Å²) in [7, 11) is 0. The number of benzene rings is 1. The molecular weight excluding hydrogens is 333 g/mol. The predicted octanol–water partition coefficient (Wildman–Crippen LogP) is 3.14. The van der Waals surface area contributed by atoms with Crippen LogP contribution in [0.1, 0.15) is 30.9 Å². The van der Waals surface area contributed by atoms with Crippen molar-refractivity contribution in [3.63, 3.8) is 0 Å². The average molecular weight is 354 g/mol. The van der Waals surface area contributed by atoms with E-state index in [9.17, 15) is 22.8 Å². The van der Waals surface area contributed by atoms with Gasteiger partial charge >= 0.3 is 6.18 Å². The van der Waals surface area contributed by atoms with Crippen molar-refractivity contribution in [2.75, 3.05) is 13.1 Å². The summed E-state index contributed by atoms with van der Waals surface area (Å²) in [6.45, 7) is 6.15. The number of nitrogens with one attached hydrogen (secondary N) is 1. The maximum absolute atomic E-state index is 12.8. The van der Waals surface area contributed by atoms with Crippen molar-refractivity contribution in [1.29, 1.82) is 0 Å². The summed E-state index contributed by atoms with van der Waals surface area (Å²) >= 11 is 0. The van der Waals surface area contributed by atoms with Crippen LogP contribution in [-0.4, -0.2) is 29.8 Å². The highest BCUT2D eigenvalue weighted by Crippen LogP contribution is 2.30. The number of hydrogen-bond donors (Lipinski definition) is 1. The molecule has 1 fully saturated rings. The van der Waals surface area contributed by atoms with Gasteiger partial charge in [-0.3, -0.25) is 9.59 Å². The quantitative estimate of drug-likeness (QED) is 0.826. The molecular formula is C18H21F3N2O2. The largest absolute Gasteiger partial charge is 0.416 e. The van der Waals surface area contributed by atoms with Crippen molar-refractivity contribution in [3.05, 3.63) is 47.5 Å². The molecule has 1 aromatic carbocycles. The number of rotatable bonds is 5. The number of likely N-dealkylation sites (tertiary alicyclic amines) is 1. The highest BCUT2D eigenvalue weighted by atomic mass is 19.4. The van der Waals surface area contributed by atoms with Crippen LogP contribution < -0.4 is 5.32 Å². The molecule has 1 aliphatic heterocycles. The van der Waals surface area contributed by atoms with Gasteiger partial charge in [0, 0.05) is 26.1 Å². The van der Waals surface area contributed by atoms with Crippen LogP contribution in [-0.2, 0) is 22.3 Å². The summed E-state index contributed by atoms with van der Waals surface area (Å²) in [5.74, 6) is -0.672. The monoisotopic (exact) mass is 354 g/mol. The smallest absolute Gasteiger partial charge is 0.352 e. The molecule has 136 valence electrons. The van der Waals surface area contributed by atoms with E-state index >= 15 is 0 Å². The number of halogens is 3. The van der Waals surface area contributed by atoms with Gasteiger partial charge in [-0.15, -0.1) is 0 Å². The number of amides is 2. The minimum absolute atomic E-state index is 0.0625. The van der Waals surface area contributed by atoms with E-state index < -0.39 is 11.7 Å². The van der Waals surface area contributed by atoms with Crippen molar-refractivity contribution in [3.8, 4) is 0 Å². The van der Waals surface area contributed by atoms with Gasteiger partial charge in [0.15, 0.2) is 0 Å². The van der Waals surface area contributed by atoms with E-state index in [4.69, 9.17) is 0 Å². The molecule has 1 atom stereocenters. The van der Waals surface area contributed by atoms with Crippen LogP contribution in [0.4, 0.5) is 13.2 Å². The van der Waals surface area contributed by atoms with Crippen molar-refractivity contribution in [2.45, 2.75) is 32.5 Å². The Bertz CT molecular complexity index is 671. The zero-order chi connectivity index (χ0) is 18.6. The molecule has 1 saturated heterocycles.